The second kappa shape index (κ2) is 10.6. The van der Waals surface area contributed by atoms with Crippen LogP contribution in [0.4, 0.5) is 0 Å². The summed E-state index contributed by atoms with van der Waals surface area (Å²) in [6, 6.07) is 0.558. The first kappa shape index (κ1) is 20.8. The predicted octanol–water partition coefficient (Wildman–Crippen LogP) is 3.01. The third-order valence-corrected chi connectivity index (χ3v) is 6.43. The maximum atomic E-state index is 4.79. The van der Waals surface area contributed by atoms with E-state index in [9.17, 15) is 0 Å². The van der Waals surface area contributed by atoms with Crippen LogP contribution < -0.4 is 10.6 Å². The van der Waals surface area contributed by atoms with Gasteiger partial charge in [-0.25, -0.2) is 4.99 Å². The molecule has 2 fully saturated rings. The maximum absolute atomic E-state index is 4.79. The van der Waals surface area contributed by atoms with Crippen molar-refractivity contribution in [2.45, 2.75) is 69.7 Å². The van der Waals surface area contributed by atoms with Gasteiger partial charge in [-0.2, -0.15) is 11.8 Å². The first-order valence-electron chi connectivity index (χ1n) is 9.23. The number of halogens is 1. The summed E-state index contributed by atoms with van der Waals surface area (Å²) < 4.78 is 2.01. The quantitative estimate of drug-likeness (QED) is 0.387. The molecule has 1 aromatic heterocycles. The van der Waals surface area contributed by atoms with E-state index in [1.807, 2.05) is 18.5 Å². The highest BCUT2D eigenvalue weighted by atomic mass is 127. The van der Waals surface area contributed by atoms with Gasteiger partial charge in [-0.15, -0.1) is 34.2 Å². The predicted molar refractivity (Wildman–Crippen MR) is 116 cm³/mol. The fraction of sp³-hybridized carbons (Fsp3) is 0.824. The van der Waals surface area contributed by atoms with Gasteiger partial charge >= 0.3 is 0 Å². The van der Waals surface area contributed by atoms with E-state index in [1.54, 1.807) is 0 Å². The molecule has 1 unspecified atom stereocenters. The SMILES string of the molecule is Cc1nnc(CN=C(NCC2CCCS2)NC2CCCCC2)n1C.I. The van der Waals surface area contributed by atoms with Crippen molar-refractivity contribution in [2.75, 3.05) is 12.3 Å². The summed E-state index contributed by atoms with van der Waals surface area (Å²) >= 11 is 2.08. The molecule has 1 aliphatic carbocycles. The number of guanidine groups is 1. The molecule has 1 atom stereocenters. The molecule has 2 aliphatic rings. The summed E-state index contributed by atoms with van der Waals surface area (Å²) in [5.41, 5.74) is 0. The minimum Gasteiger partial charge on any atom is -0.355 e. The Labute approximate surface area is 172 Å². The summed E-state index contributed by atoms with van der Waals surface area (Å²) in [5, 5.41) is 16.3. The van der Waals surface area contributed by atoms with Gasteiger partial charge in [-0.3, -0.25) is 0 Å². The fourth-order valence-electron chi connectivity index (χ4n) is 3.35. The molecule has 1 saturated heterocycles. The Bertz CT molecular complexity index is 549. The monoisotopic (exact) mass is 478 g/mol. The number of thioether (sulfide) groups is 1. The summed E-state index contributed by atoms with van der Waals surface area (Å²) in [6.45, 7) is 3.54. The van der Waals surface area contributed by atoms with Gasteiger partial charge in [0.2, 0.25) is 0 Å². The van der Waals surface area contributed by atoms with E-state index >= 15 is 0 Å². The highest BCUT2D eigenvalue weighted by molar-refractivity contribution is 14.0. The average molecular weight is 478 g/mol. The van der Waals surface area contributed by atoms with Crippen LogP contribution in [0.15, 0.2) is 4.99 Å². The van der Waals surface area contributed by atoms with E-state index in [2.05, 4.69) is 32.6 Å². The van der Waals surface area contributed by atoms with Crippen molar-refractivity contribution in [1.29, 1.82) is 0 Å². The molecule has 0 bridgehead atoms. The Balaban J connectivity index is 0.00000225. The Kier molecular flexibility index (Phi) is 8.81. The van der Waals surface area contributed by atoms with Crippen LogP contribution in [0.3, 0.4) is 0 Å². The third-order valence-electron chi connectivity index (χ3n) is 5.03. The first-order valence-corrected chi connectivity index (χ1v) is 10.3. The van der Waals surface area contributed by atoms with E-state index in [0.29, 0.717) is 12.6 Å². The van der Waals surface area contributed by atoms with Gasteiger partial charge in [0.15, 0.2) is 11.8 Å². The smallest absolute Gasteiger partial charge is 0.191 e. The molecule has 0 spiro atoms. The molecule has 8 heteroatoms. The van der Waals surface area contributed by atoms with Gasteiger partial charge in [0.05, 0.1) is 0 Å². The van der Waals surface area contributed by atoms with Crippen molar-refractivity contribution in [1.82, 2.24) is 25.4 Å². The summed E-state index contributed by atoms with van der Waals surface area (Å²) in [7, 11) is 2.00. The molecule has 1 aromatic rings. The minimum atomic E-state index is 0. The van der Waals surface area contributed by atoms with Crippen LogP contribution in [-0.4, -0.2) is 44.3 Å². The standard InChI is InChI=1S/C17H30N6S.HI/c1-13-21-22-16(23(13)2)12-19-17(18-11-15-9-6-10-24-15)20-14-7-4-3-5-8-14;/h14-15H,3-12H2,1-2H3,(H2,18,19,20);1H. The summed E-state index contributed by atoms with van der Waals surface area (Å²) in [6.07, 6.45) is 9.19. The number of nitrogens with one attached hydrogen (secondary N) is 2. The topological polar surface area (TPSA) is 67.1 Å². The van der Waals surface area contributed by atoms with Gasteiger partial charge in [0, 0.05) is 24.9 Å². The zero-order valence-electron chi connectivity index (χ0n) is 15.3. The molecule has 0 amide bonds. The number of aliphatic imine (C=N–C) groups is 1. The Morgan fingerprint density at radius 2 is 2.00 bits per heavy atom. The molecular formula is C17H31IN6S. The van der Waals surface area contributed by atoms with E-state index in [0.717, 1.165) is 29.4 Å². The zero-order valence-corrected chi connectivity index (χ0v) is 18.5. The van der Waals surface area contributed by atoms with E-state index < -0.39 is 0 Å². The molecule has 3 rings (SSSR count). The Morgan fingerprint density at radius 1 is 1.20 bits per heavy atom. The van der Waals surface area contributed by atoms with Crippen LogP contribution >= 0.6 is 35.7 Å². The summed E-state index contributed by atoms with van der Waals surface area (Å²) in [5.74, 6) is 4.08. The number of hydrogen-bond acceptors (Lipinski definition) is 4. The molecule has 2 N–H and O–H groups in total. The Hall–Kier alpha value is -0.510. The lowest BCUT2D eigenvalue weighted by atomic mass is 9.96. The first-order chi connectivity index (χ1) is 11.7. The van der Waals surface area contributed by atoms with Crippen molar-refractivity contribution >= 4 is 41.7 Å². The molecule has 2 heterocycles. The van der Waals surface area contributed by atoms with Crippen molar-refractivity contribution in [3.63, 3.8) is 0 Å². The van der Waals surface area contributed by atoms with Gasteiger partial charge < -0.3 is 15.2 Å². The van der Waals surface area contributed by atoms with Gasteiger partial charge in [-0.1, -0.05) is 19.3 Å². The van der Waals surface area contributed by atoms with Crippen LogP contribution in [0, 0.1) is 6.92 Å². The molecule has 25 heavy (non-hydrogen) atoms. The van der Waals surface area contributed by atoms with Crippen molar-refractivity contribution in [2.24, 2.45) is 12.0 Å². The van der Waals surface area contributed by atoms with Gasteiger partial charge in [0.1, 0.15) is 12.4 Å². The third kappa shape index (κ3) is 6.30. The molecule has 6 nitrogen and oxygen atoms in total. The number of rotatable bonds is 5. The lowest BCUT2D eigenvalue weighted by molar-refractivity contribution is 0.409. The molecule has 0 aromatic carbocycles. The van der Waals surface area contributed by atoms with E-state index in [-0.39, 0.29) is 24.0 Å². The minimum absolute atomic E-state index is 0. The lowest BCUT2D eigenvalue weighted by Gasteiger charge is -2.25. The molecule has 1 saturated carbocycles. The number of hydrogen-bond donors (Lipinski definition) is 2. The largest absolute Gasteiger partial charge is 0.355 e. The molecule has 0 radical (unpaired) electrons. The van der Waals surface area contributed by atoms with Crippen molar-refractivity contribution in [3.8, 4) is 0 Å². The second-order valence-electron chi connectivity index (χ2n) is 6.88. The second-order valence-corrected chi connectivity index (χ2v) is 8.29. The maximum Gasteiger partial charge on any atom is 0.191 e. The van der Waals surface area contributed by atoms with Crippen molar-refractivity contribution in [3.05, 3.63) is 11.6 Å². The number of aryl methyl sites for hydroxylation is 1. The highest BCUT2D eigenvalue weighted by Gasteiger charge is 2.18. The van der Waals surface area contributed by atoms with Crippen molar-refractivity contribution < 1.29 is 0 Å². The molecule has 1 aliphatic heterocycles. The summed E-state index contributed by atoms with van der Waals surface area (Å²) in [4.78, 5) is 4.79. The van der Waals surface area contributed by atoms with Crippen LogP contribution in [-0.2, 0) is 13.6 Å². The fourth-order valence-corrected chi connectivity index (χ4v) is 4.55. The molecule has 142 valence electrons. The van der Waals surface area contributed by atoms with Crippen LogP contribution in [0.2, 0.25) is 0 Å². The van der Waals surface area contributed by atoms with E-state index in [4.69, 9.17) is 4.99 Å². The molecular weight excluding hydrogens is 447 g/mol. The number of nitrogens with zero attached hydrogens (tertiary/aromatic N) is 4. The van der Waals surface area contributed by atoms with Crippen LogP contribution in [0.1, 0.15) is 56.6 Å². The Morgan fingerprint density at radius 3 is 2.64 bits per heavy atom. The highest BCUT2D eigenvalue weighted by Crippen LogP contribution is 2.25. The van der Waals surface area contributed by atoms with E-state index in [1.165, 1.54) is 50.7 Å². The zero-order chi connectivity index (χ0) is 16.8. The lowest BCUT2D eigenvalue weighted by Crippen LogP contribution is -2.45. The van der Waals surface area contributed by atoms with Gasteiger partial charge in [0.25, 0.3) is 0 Å². The van der Waals surface area contributed by atoms with Crippen LogP contribution in [0.25, 0.3) is 0 Å². The number of aromatic nitrogens is 3. The van der Waals surface area contributed by atoms with Gasteiger partial charge in [-0.05, 0) is 38.4 Å². The van der Waals surface area contributed by atoms with Crippen LogP contribution in [0.5, 0.6) is 0 Å². The average Bonchev–Trinajstić information content (AvgIpc) is 3.23. The normalized spacial score (nSPS) is 21.8.